The van der Waals surface area contributed by atoms with E-state index in [1.54, 1.807) is 0 Å². The molecule has 0 heterocycles. The van der Waals surface area contributed by atoms with Crippen molar-refractivity contribution < 1.29 is 24.5 Å². The average Bonchev–Trinajstić information content (AvgIpc) is 3.06. The van der Waals surface area contributed by atoms with Crippen LogP contribution in [0.4, 0.5) is 4.79 Å². The van der Waals surface area contributed by atoms with Gasteiger partial charge in [-0.2, -0.15) is 0 Å². The molecule has 0 spiro atoms. The Balaban J connectivity index is 1.37. The number of rotatable bonds is 4. The zero-order valence-corrected chi connectivity index (χ0v) is 21.7. The van der Waals surface area contributed by atoms with Crippen molar-refractivity contribution >= 4 is 12.0 Å². The number of fused-ring (bicyclic) bond motifs is 5. The van der Waals surface area contributed by atoms with Crippen LogP contribution in [0.1, 0.15) is 86.0 Å². The fourth-order valence-electron chi connectivity index (χ4n) is 8.58. The highest BCUT2D eigenvalue weighted by molar-refractivity contribution is 5.80. The van der Waals surface area contributed by atoms with Crippen LogP contribution in [-0.2, 0) is 9.53 Å². The summed E-state index contributed by atoms with van der Waals surface area (Å²) in [6.07, 6.45) is 6.46. The molecule has 4 N–H and O–H groups in total. The Morgan fingerprint density at radius 2 is 1.68 bits per heavy atom. The van der Waals surface area contributed by atoms with E-state index in [0.29, 0.717) is 37.3 Å². The number of amides is 2. The van der Waals surface area contributed by atoms with Crippen molar-refractivity contribution in [3.63, 3.8) is 0 Å². The van der Waals surface area contributed by atoms with Crippen LogP contribution in [0.2, 0.25) is 0 Å². The Labute approximate surface area is 204 Å². The molecular weight excluding hydrogens is 432 g/mol. The van der Waals surface area contributed by atoms with Crippen LogP contribution < -0.4 is 10.6 Å². The molecule has 7 heteroatoms. The summed E-state index contributed by atoms with van der Waals surface area (Å²) in [7, 11) is 0. The van der Waals surface area contributed by atoms with Crippen LogP contribution in [0.15, 0.2) is 0 Å². The molecule has 0 aromatic carbocycles. The van der Waals surface area contributed by atoms with Gasteiger partial charge in [-0.3, -0.25) is 4.79 Å². The van der Waals surface area contributed by atoms with Gasteiger partial charge in [0.25, 0.3) is 0 Å². The first-order valence-electron chi connectivity index (χ1n) is 13.5. The Kier molecular flexibility index (Phi) is 7.02. The predicted octanol–water partition coefficient (Wildman–Crippen LogP) is 3.62. The van der Waals surface area contributed by atoms with Crippen LogP contribution in [0.25, 0.3) is 0 Å². The lowest BCUT2D eigenvalue weighted by Crippen LogP contribution is -2.59. The average molecular weight is 479 g/mol. The summed E-state index contributed by atoms with van der Waals surface area (Å²) in [5.74, 6) is 1.62. The first-order valence-corrected chi connectivity index (χ1v) is 13.5. The maximum atomic E-state index is 13.2. The molecule has 4 fully saturated rings. The molecule has 194 valence electrons. The number of hydrogen-bond acceptors (Lipinski definition) is 5. The van der Waals surface area contributed by atoms with Gasteiger partial charge in [-0.1, -0.05) is 13.8 Å². The van der Waals surface area contributed by atoms with Crippen molar-refractivity contribution in [3.05, 3.63) is 0 Å². The van der Waals surface area contributed by atoms with Gasteiger partial charge in [-0.05, 0) is 107 Å². The minimum absolute atomic E-state index is 0.0438. The summed E-state index contributed by atoms with van der Waals surface area (Å²) >= 11 is 0. The second-order valence-corrected chi connectivity index (χ2v) is 13.1. The number of ether oxygens (including phenoxy) is 1. The normalized spacial score (nSPS) is 43.8. The zero-order valence-electron chi connectivity index (χ0n) is 21.7. The van der Waals surface area contributed by atoms with Crippen LogP contribution in [0.3, 0.4) is 0 Å². The van der Waals surface area contributed by atoms with Crippen molar-refractivity contribution in [2.24, 2.45) is 40.4 Å². The molecule has 0 radical (unpaired) electrons. The molecule has 4 aliphatic carbocycles. The quantitative estimate of drug-likeness (QED) is 0.462. The van der Waals surface area contributed by atoms with Crippen molar-refractivity contribution in [1.82, 2.24) is 10.6 Å². The lowest BCUT2D eigenvalue weighted by atomic mass is 9.44. The van der Waals surface area contributed by atoms with Crippen molar-refractivity contribution in [3.8, 4) is 0 Å². The highest BCUT2D eigenvalue weighted by Gasteiger charge is 2.63. The van der Waals surface area contributed by atoms with Gasteiger partial charge in [0, 0.05) is 19.0 Å². The van der Waals surface area contributed by atoms with E-state index in [2.05, 4.69) is 24.5 Å². The second kappa shape index (κ2) is 9.27. The third-order valence-electron chi connectivity index (χ3n) is 9.98. The molecule has 9 unspecified atom stereocenters. The first-order chi connectivity index (χ1) is 15.8. The summed E-state index contributed by atoms with van der Waals surface area (Å²) in [6, 6.07) is 0. The third-order valence-corrected chi connectivity index (χ3v) is 9.98. The summed E-state index contributed by atoms with van der Waals surface area (Å²) in [5, 5.41) is 27.5. The van der Waals surface area contributed by atoms with Crippen molar-refractivity contribution in [2.45, 2.75) is 104 Å². The molecule has 4 saturated carbocycles. The van der Waals surface area contributed by atoms with E-state index in [4.69, 9.17) is 4.74 Å². The maximum absolute atomic E-state index is 13.2. The molecule has 0 aromatic rings. The van der Waals surface area contributed by atoms with Gasteiger partial charge in [-0.15, -0.1) is 0 Å². The Hall–Kier alpha value is -1.34. The Morgan fingerprint density at radius 1 is 0.971 bits per heavy atom. The molecule has 34 heavy (non-hydrogen) atoms. The number of alkyl carbamates (subject to hydrolysis) is 1. The Morgan fingerprint density at radius 3 is 2.38 bits per heavy atom. The van der Waals surface area contributed by atoms with E-state index in [9.17, 15) is 19.8 Å². The van der Waals surface area contributed by atoms with E-state index >= 15 is 0 Å². The molecular formula is C27H46N2O5. The lowest BCUT2D eigenvalue weighted by Gasteiger charge is -2.62. The first kappa shape index (κ1) is 25.7. The highest BCUT2D eigenvalue weighted by atomic mass is 16.6. The van der Waals surface area contributed by atoms with Gasteiger partial charge >= 0.3 is 6.09 Å². The number of carbonyl (C=O) groups is 2. The van der Waals surface area contributed by atoms with E-state index in [1.807, 2.05) is 20.8 Å². The molecule has 0 aliphatic heterocycles. The SMILES string of the molecule is CC(C)(C)OC(=O)NCCNC(=O)C1CCC2C3CCC4CC(O)CCC4(C)C3C(O)CC12C. The third kappa shape index (κ3) is 4.71. The highest BCUT2D eigenvalue weighted by Crippen LogP contribution is 2.67. The molecule has 9 atom stereocenters. The zero-order chi connectivity index (χ0) is 24.9. The Bertz CT molecular complexity index is 781. The number of nitrogens with one attached hydrogen (secondary N) is 2. The fraction of sp³-hybridized carbons (Fsp3) is 0.926. The largest absolute Gasteiger partial charge is 0.444 e. The maximum Gasteiger partial charge on any atom is 0.407 e. The lowest BCUT2D eigenvalue weighted by molar-refractivity contribution is -0.179. The molecule has 0 bridgehead atoms. The van der Waals surface area contributed by atoms with E-state index in [-0.39, 0.29) is 34.7 Å². The predicted molar refractivity (Wildman–Crippen MR) is 130 cm³/mol. The minimum Gasteiger partial charge on any atom is -0.444 e. The van der Waals surface area contributed by atoms with Gasteiger partial charge < -0.3 is 25.6 Å². The molecule has 0 saturated heterocycles. The number of aliphatic hydroxyl groups is 2. The topological polar surface area (TPSA) is 108 Å². The molecule has 7 nitrogen and oxygen atoms in total. The number of hydrogen-bond donors (Lipinski definition) is 4. The number of aliphatic hydroxyl groups excluding tert-OH is 2. The monoisotopic (exact) mass is 478 g/mol. The number of carbonyl (C=O) groups excluding carboxylic acids is 2. The standard InChI is InChI=1S/C27H46N2O5/c1-25(2,3)34-24(33)29-13-12-28-23(32)20-9-8-19-18-7-6-16-14-17(30)10-11-26(16,4)22(18)21(31)15-27(19,20)5/h16-22,30-31H,6-15H2,1-5H3,(H,28,32)(H,29,33). The van der Waals surface area contributed by atoms with Gasteiger partial charge in [0.1, 0.15) is 5.60 Å². The van der Waals surface area contributed by atoms with Crippen molar-refractivity contribution in [1.29, 1.82) is 0 Å². The summed E-state index contributed by atoms with van der Waals surface area (Å²) in [6.45, 7) is 10.7. The molecule has 4 aliphatic rings. The molecule has 2 amide bonds. The summed E-state index contributed by atoms with van der Waals surface area (Å²) in [4.78, 5) is 25.0. The van der Waals surface area contributed by atoms with Crippen LogP contribution in [0.5, 0.6) is 0 Å². The fourth-order valence-corrected chi connectivity index (χ4v) is 8.58. The van der Waals surface area contributed by atoms with Crippen molar-refractivity contribution in [2.75, 3.05) is 13.1 Å². The summed E-state index contributed by atoms with van der Waals surface area (Å²) < 4.78 is 5.24. The van der Waals surface area contributed by atoms with Gasteiger partial charge in [0.15, 0.2) is 0 Å². The van der Waals surface area contributed by atoms with Crippen LogP contribution >= 0.6 is 0 Å². The van der Waals surface area contributed by atoms with Gasteiger partial charge in [0.2, 0.25) is 5.91 Å². The van der Waals surface area contributed by atoms with Crippen LogP contribution in [-0.4, -0.2) is 53.1 Å². The molecule has 0 aromatic heterocycles. The summed E-state index contributed by atoms with van der Waals surface area (Å²) in [5.41, 5.74) is -0.648. The van der Waals surface area contributed by atoms with E-state index in [0.717, 1.165) is 44.9 Å². The van der Waals surface area contributed by atoms with Crippen LogP contribution in [0, 0.1) is 40.4 Å². The van der Waals surface area contributed by atoms with E-state index < -0.39 is 17.8 Å². The smallest absolute Gasteiger partial charge is 0.407 e. The van der Waals surface area contributed by atoms with Gasteiger partial charge in [-0.25, -0.2) is 4.79 Å². The molecule has 4 rings (SSSR count). The van der Waals surface area contributed by atoms with Gasteiger partial charge in [0.05, 0.1) is 12.2 Å². The second-order valence-electron chi connectivity index (χ2n) is 13.1. The minimum atomic E-state index is -0.548. The van der Waals surface area contributed by atoms with E-state index in [1.165, 1.54) is 0 Å².